The molecular formula is C24H34O7. The van der Waals surface area contributed by atoms with Crippen LogP contribution in [-0.4, -0.2) is 52.9 Å². The summed E-state index contributed by atoms with van der Waals surface area (Å²) in [6.45, 7) is 11.4. The Balaban J connectivity index is 1.77. The molecule has 2 aliphatic heterocycles. The fraction of sp³-hybridized carbons (Fsp3) is 0.833. The van der Waals surface area contributed by atoms with Crippen LogP contribution in [0.3, 0.4) is 0 Å². The highest BCUT2D eigenvalue weighted by molar-refractivity contribution is 5.67. The summed E-state index contributed by atoms with van der Waals surface area (Å²) in [5.74, 6) is -3.08. The first kappa shape index (κ1) is 21.4. The molecule has 0 radical (unpaired) electrons. The molecule has 6 rings (SSSR count). The van der Waals surface area contributed by atoms with Crippen molar-refractivity contribution in [1.82, 2.24) is 0 Å². The summed E-state index contributed by atoms with van der Waals surface area (Å²) in [5.41, 5.74) is -1.17. The van der Waals surface area contributed by atoms with Gasteiger partial charge in [-0.2, -0.15) is 0 Å². The lowest BCUT2D eigenvalue weighted by Crippen LogP contribution is -2.84. The summed E-state index contributed by atoms with van der Waals surface area (Å²) in [5, 5.41) is 23.9. The molecule has 2 N–H and O–H groups in total. The lowest BCUT2D eigenvalue weighted by atomic mass is 9.36. The molecule has 2 heterocycles. The molecule has 6 fully saturated rings. The third-order valence-electron chi connectivity index (χ3n) is 9.57. The van der Waals surface area contributed by atoms with Crippen LogP contribution in [0.5, 0.6) is 0 Å². The zero-order valence-corrected chi connectivity index (χ0v) is 18.8. The molecule has 2 spiro atoms. The summed E-state index contributed by atoms with van der Waals surface area (Å²) < 4.78 is 17.9. The molecule has 4 saturated carbocycles. The van der Waals surface area contributed by atoms with Gasteiger partial charge in [-0.25, -0.2) is 0 Å². The number of hydrogen-bond acceptors (Lipinski definition) is 7. The van der Waals surface area contributed by atoms with Gasteiger partial charge in [-0.15, -0.1) is 0 Å². The number of esters is 2. The van der Waals surface area contributed by atoms with Crippen LogP contribution < -0.4 is 0 Å². The van der Waals surface area contributed by atoms with E-state index in [0.717, 1.165) is 24.8 Å². The van der Waals surface area contributed by atoms with Gasteiger partial charge in [0.2, 0.25) is 5.79 Å². The number of ether oxygens (including phenoxy) is 3. The third kappa shape index (κ3) is 2.35. The summed E-state index contributed by atoms with van der Waals surface area (Å²) in [4.78, 5) is 24.3. The van der Waals surface area contributed by atoms with E-state index in [1.807, 2.05) is 0 Å². The Kier molecular flexibility index (Phi) is 4.37. The summed E-state index contributed by atoms with van der Waals surface area (Å²) in [7, 11) is 0. The Labute approximate surface area is 183 Å². The van der Waals surface area contributed by atoms with Crippen molar-refractivity contribution in [1.29, 1.82) is 0 Å². The van der Waals surface area contributed by atoms with Crippen LogP contribution in [0.25, 0.3) is 0 Å². The topological polar surface area (TPSA) is 102 Å². The van der Waals surface area contributed by atoms with E-state index in [2.05, 4.69) is 20.4 Å². The second-order valence-corrected chi connectivity index (χ2v) is 11.3. The van der Waals surface area contributed by atoms with Gasteiger partial charge >= 0.3 is 11.9 Å². The Hall–Kier alpha value is -1.44. The number of hydrogen-bond donors (Lipinski definition) is 2. The second-order valence-electron chi connectivity index (χ2n) is 11.3. The lowest BCUT2D eigenvalue weighted by molar-refractivity contribution is -0.465. The first-order valence-electron chi connectivity index (χ1n) is 11.5. The van der Waals surface area contributed by atoms with Crippen LogP contribution in [-0.2, 0) is 23.8 Å². The predicted octanol–water partition coefficient (Wildman–Crippen LogP) is 2.34. The normalized spacial score (nSPS) is 51.6. The molecule has 0 unspecified atom stereocenters. The molecule has 0 amide bonds. The van der Waals surface area contributed by atoms with Gasteiger partial charge in [0, 0.05) is 25.2 Å². The smallest absolute Gasteiger partial charge is 0.303 e. The van der Waals surface area contributed by atoms with E-state index in [0.29, 0.717) is 12.8 Å². The first-order chi connectivity index (χ1) is 14.4. The third-order valence-corrected chi connectivity index (χ3v) is 9.57. The Morgan fingerprint density at radius 2 is 1.81 bits per heavy atom. The molecule has 172 valence electrons. The average Bonchev–Trinajstić information content (AvgIpc) is 2.87. The van der Waals surface area contributed by atoms with Gasteiger partial charge in [-0.05, 0) is 54.9 Å². The quantitative estimate of drug-likeness (QED) is 0.508. The van der Waals surface area contributed by atoms with Crippen LogP contribution in [0.15, 0.2) is 12.2 Å². The van der Waals surface area contributed by atoms with Gasteiger partial charge < -0.3 is 24.4 Å². The molecule has 0 aromatic heterocycles. The number of carbonyl (C=O) groups is 2. The molecule has 9 atom stereocenters. The van der Waals surface area contributed by atoms with Crippen molar-refractivity contribution >= 4 is 11.9 Å². The number of rotatable bonds is 2. The van der Waals surface area contributed by atoms with Gasteiger partial charge in [0.25, 0.3) is 0 Å². The van der Waals surface area contributed by atoms with Crippen LogP contribution in [0.2, 0.25) is 0 Å². The minimum atomic E-state index is -1.82. The van der Waals surface area contributed by atoms with Crippen LogP contribution in [0, 0.1) is 34.0 Å². The van der Waals surface area contributed by atoms with E-state index < -0.39 is 46.9 Å². The van der Waals surface area contributed by atoms with E-state index in [1.54, 1.807) is 0 Å². The molecule has 0 aromatic rings. The highest BCUT2D eigenvalue weighted by atomic mass is 16.7. The maximum Gasteiger partial charge on any atom is 0.303 e. The standard InChI is InChI=1S/C24H34O7/c1-12-15-6-7-16-22-11-29-24(28,23(16,10-15)19(12)30-13(2)25)20(31-14(3)26)18(22)21(4,5)9-8-17(22)27/h15-20,27-28H,1,6-11H2,2-5H3/t15-,16+,17-,18-,19-,20+,22-,23+,24-/m1/s1. The molecule has 4 aliphatic carbocycles. The van der Waals surface area contributed by atoms with Crippen molar-refractivity contribution in [3.8, 4) is 0 Å². The SMILES string of the molecule is C=C1[C@@H]2CC[C@H]3[C@@]45CO[C@](O)([C@@H](OC(C)=O)[C@@H]4C(C)(C)CC[C@H]5O)[C@]3(C2)[C@@H]1OC(C)=O. The lowest BCUT2D eigenvalue weighted by Gasteiger charge is -2.75. The fourth-order valence-electron chi connectivity index (χ4n) is 8.67. The molecule has 7 nitrogen and oxygen atoms in total. The van der Waals surface area contributed by atoms with E-state index in [4.69, 9.17) is 14.2 Å². The molecule has 31 heavy (non-hydrogen) atoms. The van der Waals surface area contributed by atoms with E-state index in [9.17, 15) is 19.8 Å². The second kappa shape index (κ2) is 6.33. The van der Waals surface area contributed by atoms with Gasteiger partial charge in [0.05, 0.1) is 18.1 Å². The van der Waals surface area contributed by atoms with Crippen molar-refractivity contribution in [2.45, 2.75) is 83.9 Å². The Morgan fingerprint density at radius 1 is 1.13 bits per heavy atom. The Morgan fingerprint density at radius 3 is 2.45 bits per heavy atom. The minimum absolute atomic E-state index is 0.0918. The fourth-order valence-corrected chi connectivity index (χ4v) is 8.67. The highest BCUT2D eigenvalue weighted by Crippen LogP contribution is 2.78. The van der Waals surface area contributed by atoms with Gasteiger partial charge in [0.15, 0.2) is 6.10 Å². The Bertz CT molecular complexity index is 851. The average molecular weight is 435 g/mol. The monoisotopic (exact) mass is 434 g/mol. The zero-order chi connectivity index (χ0) is 22.6. The van der Waals surface area contributed by atoms with Gasteiger partial charge in [-0.3, -0.25) is 9.59 Å². The van der Waals surface area contributed by atoms with Crippen molar-refractivity contribution < 1.29 is 34.0 Å². The molecule has 6 aliphatic rings. The van der Waals surface area contributed by atoms with Crippen molar-refractivity contribution in [2.24, 2.45) is 34.0 Å². The first-order valence-corrected chi connectivity index (χ1v) is 11.5. The predicted molar refractivity (Wildman–Crippen MR) is 109 cm³/mol. The van der Waals surface area contributed by atoms with E-state index in [-0.39, 0.29) is 29.8 Å². The van der Waals surface area contributed by atoms with Crippen LogP contribution >= 0.6 is 0 Å². The largest absolute Gasteiger partial charge is 0.457 e. The van der Waals surface area contributed by atoms with E-state index in [1.165, 1.54) is 13.8 Å². The molecular weight excluding hydrogens is 400 g/mol. The molecule has 4 bridgehead atoms. The van der Waals surface area contributed by atoms with Crippen molar-refractivity contribution in [3.05, 3.63) is 12.2 Å². The number of aliphatic hydroxyl groups is 2. The number of fused-ring (bicyclic) bond motifs is 2. The molecule has 0 aromatic carbocycles. The summed E-state index contributed by atoms with van der Waals surface area (Å²) in [6.07, 6.45) is 1.24. The molecule has 2 saturated heterocycles. The molecule has 7 heteroatoms. The van der Waals surface area contributed by atoms with Crippen molar-refractivity contribution in [3.63, 3.8) is 0 Å². The number of carbonyl (C=O) groups excluding carboxylic acids is 2. The van der Waals surface area contributed by atoms with Gasteiger partial charge in [0.1, 0.15) is 6.10 Å². The van der Waals surface area contributed by atoms with E-state index >= 15 is 0 Å². The minimum Gasteiger partial charge on any atom is -0.457 e. The zero-order valence-electron chi connectivity index (χ0n) is 18.8. The van der Waals surface area contributed by atoms with Gasteiger partial charge in [-0.1, -0.05) is 20.4 Å². The maximum atomic E-state index is 12.3. The number of aliphatic hydroxyl groups excluding tert-OH is 1. The van der Waals surface area contributed by atoms with Crippen LogP contribution in [0.1, 0.15) is 59.8 Å². The summed E-state index contributed by atoms with van der Waals surface area (Å²) in [6, 6.07) is 0. The highest BCUT2D eigenvalue weighted by Gasteiger charge is 2.85. The maximum absolute atomic E-state index is 12.3. The summed E-state index contributed by atoms with van der Waals surface area (Å²) >= 11 is 0. The van der Waals surface area contributed by atoms with Crippen molar-refractivity contribution in [2.75, 3.05) is 6.61 Å². The van der Waals surface area contributed by atoms with Crippen LogP contribution in [0.4, 0.5) is 0 Å².